The second-order valence-corrected chi connectivity index (χ2v) is 8.30. The van der Waals surface area contributed by atoms with E-state index in [1.165, 1.54) is 19.1 Å². The molecule has 10 heteroatoms. The molecule has 5 aromatic rings. The topological polar surface area (TPSA) is 119 Å². The molecule has 0 bridgehead atoms. The second kappa shape index (κ2) is 7.65. The van der Waals surface area contributed by atoms with Crippen molar-refractivity contribution < 1.29 is 9.50 Å². The molecule has 5 rings (SSSR count). The van der Waals surface area contributed by atoms with Crippen LogP contribution in [-0.2, 0) is 12.6 Å². The third kappa shape index (κ3) is 3.61. The molecule has 0 saturated carbocycles. The summed E-state index contributed by atoms with van der Waals surface area (Å²) in [6.07, 6.45) is 7.16. The summed E-state index contributed by atoms with van der Waals surface area (Å²) in [6, 6.07) is 7.98. The maximum Gasteiger partial charge on any atom is 0.220 e. The van der Waals surface area contributed by atoms with Crippen LogP contribution in [0.25, 0.3) is 33.4 Å². The molecule has 33 heavy (non-hydrogen) atoms. The van der Waals surface area contributed by atoms with Crippen molar-refractivity contribution in [2.45, 2.75) is 12.5 Å². The number of hydrogen-bond donors (Lipinski definition) is 3. The number of benzene rings is 1. The maximum atomic E-state index is 14.7. The molecule has 0 fully saturated rings. The summed E-state index contributed by atoms with van der Waals surface area (Å²) < 4.78 is 16.4. The molecule has 4 heterocycles. The monoisotopic (exact) mass is 463 g/mol. The van der Waals surface area contributed by atoms with Gasteiger partial charge in [-0.3, -0.25) is 4.68 Å². The second-order valence-electron chi connectivity index (χ2n) is 7.90. The summed E-state index contributed by atoms with van der Waals surface area (Å²) in [5.74, 6) is -0.781. The molecule has 4 aromatic heterocycles. The number of nitrogens with two attached hydrogens (primary N) is 1. The Labute approximate surface area is 192 Å². The number of pyridine rings is 1. The van der Waals surface area contributed by atoms with Crippen molar-refractivity contribution >= 4 is 28.6 Å². The van der Waals surface area contributed by atoms with Gasteiger partial charge >= 0.3 is 0 Å². The quantitative estimate of drug-likeness (QED) is 0.370. The summed E-state index contributed by atoms with van der Waals surface area (Å²) in [5.41, 5.74) is 7.93. The van der Waals surface area contributed by atoms with Crippen LogP contribution in [0, 0.1) is 5.82 Å². The highest BCUT2D eigenvalue weighted by atomic mass is 35.5. The molecule has 0 radical (unpaired) electrons. The third-order valence-corrected chi connectivity index (χ3v) is 5.86. The molecule has 0 spiro atoms. The number of nitrogens with one attached hydrogen (secondary N) is 1. The maximum absolute atomic E-state index is 14.7. The summed E-state index contributed by atoms with van der Waals surface area (Å²) in [7, 11) is 1.84. The van der Waals surface area contributed by atoms with Gasteiger partial charge in [0, 0.05) is 53.3 Å². The van der Waals surface area contributed by atoms with Crippen molar-refractivity contribution in [3.05, 3.63) is 77.2 Å². The van der Waals surface area contributed by atoms with Crippen LogP contribution < -0.4 is 5.73 Å². The van der Waals surface area contributed by atoms with Crippen LogP contribution in [0.4, 0.5) is 10.3 Å². The van der Waals surface area contributed by atoms with E-state index in [2.05, 4.69) is 25.0 Å². The van der Waals surface area contributed by atoms with Gasteiger partial charge in [-0.15, -0.1) is 0 Å². The van der Waals surface area contributed by atoms with E-state index in [4.69, 9.17) is 17.3 Å². The molecule has 166 valence electrons. The van der Waals surface area contributed by atoms with Crippen LogP contribution >= 0.6 is 11.6 Å². The van der Waals surface area contributed by atoms with E-state index in [9.17, 15) is 9.50 Å². The lowest BCUT2D eigenvalue weighted by atomic mass is 9.91. The molecular formula is C23H19ClFN7O. The molecule has 0 amide bonds. The standard InChI is InChI=1S/C23H19ClFN7O/c1-23(33,16-4-3-5-17(24)20(16)25)19-7-18(30-22(26)31-19)15-10-28-21-14(15)6-12(8-27-21)13-9-29-32(2)11-13/h3-11,33H,1-2H3,(H,27,28)(H2,26,30,31). The van der Waals surface area contributed by atoms with Crippen LogP contribution in [0.3, 0.4) is 0 Å². The molecule has 0 aliphatic carbocycles. The smallest absolute Gasteiger partial charge is 0.220 e. The lowest BCUT2D eigenvalue weighted by Gasteiger charge is -2.24. The van der Waals surface area contributed by atoms with Gasteiger partial charge in [-0.05, 0) is 25.1 Å². The summed E-state index contributed by atoms with van der Waals surface area (Å²) in [5, 5.41) is 16.2. The van der Waals surface area contributed by atoms with Crippen LogP contribution in [0.5, 0.6) is 0 Å². The minimum atomic E-state index is -1.80. The summed E-state index contributed by atoms with van der Waals surface area (Å²) in [6.45, 7) is 1.44. The fourth-order valence-corrected chi connectivity index (χ4v) is 3.99. The summed E-state index contributed by atoms with van der Waals surface area (Å²) >= 11 is 5.92. The van der Waals surface area contributed by atoms with Crippen molar-refractivity contribution in [2.75, 3.05) is 5.73 Å². The zero-order chi connectivity index (χ0) is 23.3. The lowest BCUT2D eigenvalue weighted by Crippen LogP contribution is -2.26. The zero-order valence-electron chi connectivity index (χ0n) is 17.7. The molecule has 0 aliphatic rings. The van der Waals surface area contributed by atoms with Crippen LogP contribution in [0.2, 0.25) is 5.02 Å². The third-order valence-electron chi connectivity index (χ3n) is 5.56. The average Bonchev–Trinajstić information content (AvgIpc) is 3.40. The predicted molar refractivity (Wildman–Crippen MR) is 124 cm³/mol. The van der Waals surface area contributed by atoms with E-state index in [0.717, 1.165) is 16.5 Å². The lowest BCUT2D eigenvalue weighted by molar-refractivity contribution is 0.0933. The molecule has 1 atom stereocenters. The van der Waals surface area contributed by atoms with Crippen LogP contribution in [-0.4, -0.2) is 34.8 Å². The Morgan fingerprint density at radius 2 is 2.00 bits per heavy atom. The van der Waals surface area contributed by atoms with Gasteiger partial charge in [0.2, 0.25) is 5.95 Å². The number of aromatic amines is 1. The molecule has 4 N–H and O–H groups in total. The first-order chi connectivity index (χ1) is 15.7. The van der Waals surface area contributed by atoms with Gasteiger partial charge in [-0.25, -0.2) is 19.3 Å². The van der Waals surface area contributed by atoms with E-state index in [-0.39, 0.29) is 22.2 Å². The summed E-state index contributed by atoms with van der Waals surface area (Å²) in [4.78, 5) is 16.2. The molecular weight excluding hydrogens is 445 g/mol. The Morgan fingerprint density at radius 1 is 1.18 bits per heavy atom. The Kier molecular flexibility index (Phi) is 4.88. The van der Waals surface area contributed by atoms with Crippen molar-refractivity contribution in [3.63, 3.8) is 0 Å². The van der Waals surface area contributed by atoms with Gasteiger partial charge in [0.1, 0.15) is 17.1 Å². The number of hydrogen-bond acceptors (Lipinski definition) is 6. The SMILES string of the molecule is Cn1cc(-c2cnc3[nH]cc(-c4cc(C(C)(O)c5cccc(Cl)c5F)nc(N)n4)c3c2)cn1. The number of fused-ring (bicyclic) bond motifs is 1. The number of rotatable bonds is 4. The largest absolute Gasteiger partial charge is 0.379 e. The van der Waals surface area contributed by atoms with Gasteiger partial charge in [-0.1, -0.05) is 23.7 Å². The van der Waals surface area contributed by atoms with Gasteiger partial charge < -0.3 is 15.8 Å². The number of nitrogen functional groups attached to an aromatic ring is 1. The number of anilines is 1. The normalized spacial score (nSPS) is 13.4. The molecule has 0 aliphatic heterocycles. The Hall–Kier alpha value is -3.82. The van der Waals surface area contributed by atoms with E-state index in [0.29, 0.717) is 16.9 Å². The van der Waals surface area contributed by atoms with E-state index in [1.807, 2.05) is 19.3 Å². The average molecular weight is 464 g/mol. The van der Waals surface area contributed by atoms with Crippen molar-refractivity contribution in [3.8, 4) is 22.4 Å². The molecule has 1 unspecified atom stereocenters. The first-order valence-corrected chi connectivity index (χ1v) is 10.4. The fraction of sp³-hybridized carbons (Fsp3) is 0.130. The van der Waals surface area contributed by atoms with Gasteiger partial charge in [0.25, 0.3) is 0 Å². The highest BCUT2D eigenvalue weighted by Crippen LogP contribution is 2.36. The van der Waals surface area contributed by atoms with Crippen molar-refractivity contribution in [1.82, 2.24) is 29.7 Å². The minimum Gasteiger partial charge on any atom is -0.379 e. The number of aliphatic hydroxyl groups is 1. The van der Waals surface area contributed by atoms with Gasteiger partial charge in [0.05, 0.1) is 22.6 Å². The fourth-order valence-electron chi connectivity index (χ4n) is 3.81. The number of halogens is 2. The Balaban J connectivity index is 1.64. The number of H-pyrrole nitrogens is 1. The minimum absolute atomic E-state index is 0.0153. The highest BCUT2D eigenvalue weighted by Gasteiger charge is 2.32. The van der Waals surface area contributed by atoms with Gasteiger partial charge in [0.15, 0.2) is 0 Å². The first kappa shape index (κ1) is 21.0. The predicted octanol–water partition coefficient (Wildman–Crippen LogP) is 4.05. The highest BCUT2D eigenvalue weighted by molar-refractivity contribution is 6.30. The van der Waals surface area contributed by atoms with Gasteiger partial charge in [-0.2, -0.15) is 5.10 Å². The zero-order valence-corrected chi connectivity index (χ0v) is 18.5. The molecule has 0 saturated heterocycles. The van der Waals surface area contributed by atoms with E-state index < -0.39 is 11.4 Å². The Bertz CT molecular complexity index is 1510. The van der Waals surface area contributed by atoms with Crippen LogP contribution in [0.15, 0.2) is 55.1 Å². The molecule has 1 aromatic carbocycles. The van der Waals surface area contributed by atoms with E-state index in [1.54, 1.807) is 35.4 Å². The van der Waals surface area contributed by atoms with Crippen molar-refractivity contribution in [2.24, 2.45) is 7.05 Å². The number of nitrogens with zero attached hydrogens (tertiary/aromatic N) is 5. The first-order valence-electron chi connectivity index (χ1n) is 10.0. The number of aryl methyl sites for hydroxylation is 1. The Morgan fingerprint density at radius 3 is 2.76 bits per heavy atom. The van der Waals surface area contributed by atoms with Crippen LogP contribution in [0.1, 0.15) is 18.2 Å². The molecule has 8 nitrogen and oxygen atoms in total. The van der Waals surface area contributed by atoms with E-state index >= 15 is 0 Å². The van der Waals surface area contributed by atoms with Crippen molar-refractivity contribution in [1.29, 1.82) is 0 Å². The number of aromatic nitrogens is 6.